The molecule has 0 saturated heterocycles. The highest BCUT2D eigenvalue weighted by Gasteiger charge is 2.02. The van der Waals surface area contributed by atoms with E-state index >= 15 is 0 Å². The van der Waals surface area contributed by atoms with Crippen LogP contribution in [0.2, 0.25) is 0 Å². The minimum absolute atomic E-state index is 0.656. The Balaban J connectivity index is 1.82. The molecular formula is C11H18N6O. The molecule has 0 radical (unpaired) electrons. The second-order valence-electron chi connectivity index (χ2n) is 4.05. The van der Waals surface area contributed by atoms with Crippen molar-refractivity contribution in [2.24, 2.45) is 7.05 Å². The number of nitrogens with one attached hydrogen (secondary N) is 1. The Morgan fingerprint density at radius 1 is 1.44 bits per heavy atom. The summed E-state index contributed by atoms with van der Waals surface area (Å²) in [7, 11) is 3.58. The predicted molar refractivity (Wildman–Crippen MR) is 65.9 cm³/mol. The molecule has 1 N–H and O–H groups in total. The fourth-order valence-corrected chi connectivity index (χ4v) is 1.61. The van der Waals surface area contributed by atoms with Crippen molar-refractivity contribution in [3.05, 3.63) is 30.1 Å². The van der Waals surface area contributed by atoms with Crippen LogP contribution >= 0.6 is 0 Å². The van der Waals surface area contributed by atoms with Crippen LogP contribution in [0.1, 0.15) is 11.4 Å². The lowest BCUT2D eigenvalue weighted by Crippen LogP contribution is -2.19. The molecule has 0 aliphatic carbocycles. The van der Waals surface area contributed by atoms with Gasteiger partial charge in [0.2, 0.25) is 0 Å². The Bertz CT molecular complexity index is 477. The van der Waals surface area contributed by atoms with Crippen LogP contribution in [0.4, 0.5) is 0 Å². The minimum atomic E-state index is 0.656. The van der Waals surface area contributed by atoms with E-state index in [9.17, 15) is 0 Å². The van der Waals surface area contributed by atoms with Gasteiger partial charge in [-0.1, -0.05) is 0 Å². The summed E-state index contributed by atoms with van der Waals surface area (Å²) >= 11 is 0. The Morgan fingerprint density at radius 3 is 3.06 bits per heavy atom. The first kappa shape index (κ1) is 12.7. The molecule has 2 heterocycles. The van der Waals surface area contributed by atoms with E-state index in [1.165, 1.54) is 0 Å². The number of aryl methyl sites for hydroxylation is 1. The third kappa shape index (κ3) is 3.64. The van der Waals surface area contributed by atoms with Gasteiger partial charge >= 0.3 is 0 Å². The topological polar surface area (TPSA) is 69.8 Å². The zero-order chi connectivity index (χ0) is 12.8. The van der Waals surface area contributed by atoms with Crippen LogP contribution < -0.4 is 5.32 Å². The van der Waals surface area contributed by atoms with E-state index in [2.05, 4.69) is 20.5 Å². The minimum Gasteiger partial charge on any atom is -0.383 e. The standard InChI is InChI=1S/C11H18N6O/c1-16-7-10(5-14-16)8-17-9-13-11(15-17)6-12-3-4-18-2/h5,7,9,12H,3-4,6,8H2,1-2H3. The Kier molecular flexibility index (Phi) is 4.43. The van der Waals surface area contributed by atoms with E-state index in [0.717, 1.165) is 17.9 Å². The van der Waals surface area contributed by atoms with Crippen LogP contribution in [0, 0.1) is 0 Å². The SMILES string of the molecule is COCCNCc1ncn(Cc2cnn(C)c2)n1. The summed E-state index contributed by atoms with van der Waals surface area (Å²) in [6.45, 7) is 2.84. The maximum Gasteiger partial charge on any atom is 0.164 e. The first-order chi connectivity index (χ1) is 8.78. The number of methoxy groups -OCH3 is 1. The molecule has 7 heteroatoms. The summed E-state index contributed by atoms with van der Waals surface area (Å²) in [4.78, 5) is 4.24. The van der Waals surface area contributed by atoms with E-state index in [1.807, 2.05) is 24.1 Å². The van der Waals surface area contributed by atoms with Crippen LogP contribution in [0.15, 0.2) is 18.7 Å². The third-order valence-electron chi connectivity index (χ3n) is 2.45. The molecular weight excluding hydrogens is 232 g/mol. The van der Waals surface area contributed by atoms with E-state index in [-0.39, 0.29) is 0 Å². The lowest BCUT2D eigenvalue weighted by Gasteiger charge is -2.00. The fraction of sp³-hybridized carbons (Fsp3) is 0.545. The summed E-state index contributed by atoms with van der Waals surface area (Å²) in [5, 5.41) is 11.7. The molecule has 2 rings (SSSR count). The number of nitrogens with zero attached hydrogens (tertiary/aromatic N) is 5. The summed E-state index contributed by atoms with van der Waals surface area (Å²) in [5.41, 5.74) is 1.11. The number of hydrogen-bond donors (Lipinski definition) is 1. The van der Waals surface area contributed by atoms with Gasteiger partial charge in [0.1, 0.15) is 6.33 Å². The van der Waals surface area contributed by atoms with Gasteiger partial charge < -0.3 is 10.1 Å². The second kappa shape index (κ2) is 6.27. The Hall–Kier alpha value is -1.73. The molecule has 0 atom stereocenters. The van der Waals surface area contributed by atoms with E-state index in [0.29, 0.717) is 19.7 Å². The first-order valence-electron chi connectivity index (χ1n) is 5.83. The molecule has 0 aromatic carbocycles. The summed E-state index contributed by atoms with van der Waals surface area (Å²) in [6, 6.07) is 0. The summed E-state index contributed by atoms with van der Waals surface area (Å²) < 4.78 is 8.54. The normalized spacial score (nSPS) is 11.0. The van der Waals surface area contributed by atoms with Crippen molar-refractivity contribution in [1.82, 2.24) is 29.9 Å². The van der Waals surface area contributed by atoms with E-state index in [1.54, 1.807) is 18.1 Å². The lowest BCUT2D eigenvalue weighted by molar-refractivity contribution is 0.199. The van der Waals surface area contributed by atoms with Crippen LogP contribution in [0.5, 0.6) is 0 Å². The molecule has 0 fully saturated rings. The molecule has 0 amide bonds. The third-order valence-corrected chi connectivity index (χ3v) is 2.45. The summed E-state index contributed by atoms with van der Waals surface area (Å²) in [5.74, 6) is 0.787. The molecule has 0 saturated carbocycles. The first-order valence-corrected chi connectivity index (χ1v) is 5.83. The zero-order valence-electron chi connectivity index (χ0n) is 10.7. The summed E-state index contributed by atoms with van der Waals surface area (Å²) in [6.07, 6.45) is 5.54. The smallest absolute Gasteiger partial charge is 0.164 e. The van der Waals surface area contributed by atoms with Gasteiger partial charge in [-0.05, 0) is 0 Å². The quantitative estimate of drug-likeness (QED) is 0.689. The monoisotopic (exact) mass is 250 g/mol. The highest BCUT2D eigenvalue weighted by Crippen LogP contribution is 1.99. The van der Waals surface area contributed by atoms with Crippen molar-refractivity contribution in [3.63, 3.8) is 0 Å². The second-order valence-corrected chi connectivity index (χ2v) is 4.05. The molecule has 0 unspecified atom stereocenters. The molecule has 2 aromatic heterocycles. The van der Waals surface area contributed by atoms with Gasteiger partial charge in [0.25, 0.3) is 0 Å². The number of aromatic nitrogens is 5. The van der Waals surface area contributed by atoms with E-state index in [4.69, 9.17) is 4.74 Å². The van der Waals surface area contributed by atoms with Gasteiger partial charge in [-0.2, -0.15) is 10.2 Å². The van der Waals surface area contributed by atoms with Crippen molar-refractivity contribution in [2.45, 2.75) is 13.1 Å². The Labute approximate surface area is 106 Å². The zero-order valence-corrected chi connectivity index (χ0v) is 10.7. The van der Waals surface area contributed by atoms with Crippen LogP contribution in [-0.2, 0) is 24.9 Å². The Morgan fingerprint density at radius 2 is 2.33 bits per heavy atom. The largest absolute Gasteiger partial charge is 0.383 e. The van der Waals surface area contributed by atoms with Crippen LogP contribution in [-0.4, -0.2) is 44.8 Å². The van der Waals surface area contributed by atoms with Crippen molar-refractivity contribution in [3.8, 4) is 0 Å². The maximum absolute atomic E-state index is 4.95. The van der Waals surface area contributed by atoms with Crippen molar-refractivity contribution in [1.29, 1.82) is 0 Å². The predicted octanol–water partition coefficient (Wildman–Crippen LogP) is -0.204. The average Bonchev–Trinajstić information content (AvgIpc) is 2.95. The van der Waals surface area contributed by atoms with Crippen LogP contribution in [0.25, 0.3) is 0 Å². The average molecular weight is 250 g/mol. The van der Waals surface area contributed by atoms with Gasteiger partial charge in [0.05, 0.1) is 25.9 Å². The number of hydrogen-bond acceptors (Lipinski definition) is 5. The highest BCUT2D eigenvalue weighted by molar-refractivity contribution is 5.03. The molecule has 0 aliphatic rings. The van der Waals surface area contributed by atoms with Gasteiger partial charge in [0.15, 0.2) is 5.82 Å². The molecule has 98 valence electrons. The van der Waals surface area contributed by atoms with E-state index < -0.39 is 0 Å². The molecule has 0 spiro atoms. The lowest BCUT2D eigenvalue weighted by atomic mass is 10.4. The van der Waals surface area contributed by atoms with Gasteiger partial charge in [0, 0.05) is 32.5 Å². The van der Waals surface area contributed by atoms with Crippen molar-refractivity contribution in [2.75, 3.05) is 20.3 Å². The van der Waals surface area contributed by atoms with Crippen molar-refractivity contribution >= 4 is 0 Å². The van der Waals surface area contributed by atoms with Gasteiger partial charge in [-0.25, -0.2) is 9.67 Å². The maximum atomic E-state index is 4.95. The number of rotatable bonds is 7. The molecule has 0 bridgehead atoms. The van der Waals surface area contributed by atoms with Crippen molar-refractivity contribution < 1.29 is 4.74 Å². The van der Waals surface area contributed by atoms with Gasteiger partial charge in [-0.3, -0.25) is 4.68 Å². The van der Waals surface area contributed by atoms with Crippen LogP contribution in [0.3, 0.4) is 0 Å². The van der Waals surface area contributed by atoms with Gasteiger partial charge in [-0.15, -0.1) is 0 Å². The molecule has 2 aromatic rings. The molecule has 0 aliphatic heterocycles. The highest BCUT2D eigenvalue weighted by atomic mass is 16.5. The number of ether oxygens (including phenoxy) is 1. The molecule has 18 heavy (non-hydrogen) atoms. The molecule has 7 nitrogen and oxygen atoms in total. The fourth-order valence-electron chi connectivity index (χ4n) is 1.61.